The minimum absolute atomic E-state index is 0.0182. The molecule has 0 spiro atoms. The fraction of sp³-hybridized carbons (Fsp3) is 0.389. The molecule has 1 aromatic heterocycles. The molecular formula is C18H25N2O6PS2. The van der Waals surface area contributed by atoms with Gasteiger partial charge < -0.3 is 15.7 Å². The number of carboxylic acid groups (broad SMARTS) is 1. The number of thiophene rings is 1. The highest BCUT2D eigenvalue weighted by atomic mass is 32.2. The van der Waals surface area contributed by atoms with Crippen LogP contribution in [-0.2, 0) is 19.4 Å². The van der Waals surface area contributed by atoms with Gasteiger partial charge >= 0.3 is 5.97 Å². The van der Waals surface area contributed by atoms with E-state index in [1.54, 1.807) is 50.4 Å². The summed E-state index contributed by atoms with van der Waals surface area (Å²) >= 11 is 0.984. The van der Waals surface area contributed by atoms with Crippen LogP contribution in [-0.4, -0.2) is 36.3 Å². The minimum Gasteiger partial charge on any atom is -0.481 e. The SMILES string of the molecule is Cc1c(N)cccc1C(CP(=O)(O)C(NS(=O)(=O)c1cccs1)C(C)C)C(=O)O. The van der Waals surface area contributed by atoms with Crippen molar-refractivity contribution in [2.24, 2.45) is 5.92 Å². The molecule has 160 valence electrons. The molecule has 0 radical (unpaired) electrons. The monoisotopic (exact) mass is 460 g/mol. The molecule has 0 saturated heterocycles. The van der Waals surface area contributed by atoms with E-state index in [0.717, 1.165) is 11.3 Å². The summed E-state index contributed by atoms with van der Waals surface area (Å²) in [5.74, 6) is -4.46. The molecule has 0 aliphatic rings. The molecule has 0 aliphatic heterocycles. The summed E-state index contributed by atoms with van der Waals surface area (Å²) in [6.45, 7) is 4.85. The van der Waals surface area contributed by atoms with Crippen molar-refractivity contribution in [2.75, 3.05) is 11.9 Å². The topological polar surface area (TPSA) is 147 Å². The number of benzene rings is 1. The van der Waals surface area contributed by atoms with Crippen LogP contribution in [0.4, 0.5) is 5.69 Å². The summed E-state index contributed by atoms with van der Waals surface area (Å²) in [5, 5.41) is 11.3. The zero-order valence-corrected chi connectivity index (χ0v) is 18.8. The predicted octanol–water partition coefficient (Wildman–Crippen LogP) is 3.04. The molecule has 11 heteroatoms. The zero-order valence-electron chi connectivity index (χ0n) is 16.3. The van der Waals surface area contributed by atoms with Gasteiger partial charge in [-0.05, 0) is 41.5 Å². The van der Waals surface area contributed by atoms with Gasteiger partial charge in [0.2, 0.25) is 7.37 Å². The highest BCUT2D eigenvalue weighted by Crippen LogP contribution is 2.52. The fourth-order valence-corrected chi connectivity index (χ4v) is 8.39. The molecule has 1 aromatic carbocycles. The van der Waals surface area contributed by atoms with Gasteiger partial charge in [-0.25, -0.2) is 8.42 Å². The molecule has 2 aromatic rings. The number of anilines is 1. The van der Waals surface area contributed by atoms with Crippen LogP contribution in [0.5, 0.6) is 0 Å². The maximum atomic E-state index is 13.2. The van der Waals surface area contributed by atoms with E-state index in [1.807, 2.05) is 0 Å². The lowest BCUT2D eigenvalue weighted by atomic mass is 9.95. The standard InChI is InChI=1S/C18H25N2O6PS2/c1-11(2)17(20-29(25,26)16-8-5-9-28-16)27(23,24)10-14(18(21)22)13-6-4-7-15(19)12(13)3/h4-9,11,14,17,20H,10,19H2,1-3H3,(H,21,22)(H,23,24). The number of nitrogen functional groups attached to an aromatic ring is 1. The van der Waals surface area contributed by atoms with E-state index < -0.39 is 47.1 Å². The Morgan fingerprint density at radius 1 is 1.28 bits per heavy atom. The number of nitrogens with one attached hydrogen (secondary N) is 1. The Hall–Kier alpha value is -1.71. The number of hydrogen-bond acceptors (Lipinski definition) is 6. The Kier molecular flexibility index (Phi) is 7.29. The second kappa shape index (κ2) is 8.97. The van der Waals surface area contributed by atoms with Crippen molar-refractivity contribution in [1.82, 2.24) is 4.72 Å². The van der Waals surface area contributed by atoms with Crippen LogP contribution >= 0.6 is 18.7 Å². The molecule has 0 aliphatic carbocycles. The third-order valence-corrected chi connectivity index (χ3v) is 10.1. The van der Waals surface area contributed by atoms with Crippen molar-refractivity contribution in [1.29, 1.82) is 0 Å². The second-order valence-electron chi connectivity index (χ2n) is 7.13. The smallest absolute Gasteiger partial charge is 0.311 e. The first-order valence-corrected chi connectivity index (χ1v) is 13.1. The Morgan fingerprint density at radius 3 is 2.45 bits per heavy atom. The Balaban J connectivity index is 2.39. The minimum atomic E-state index is -4.27. The lowest BCUT2D eigenvalue weighted by Gasteiger charge is -2.29. The van der Waals surface area contributed by atoms with Gasteiger partial charge in [-0.15, -0.1) is 11.3 Å². The zero-order chi connectivity index (χ0) is 22.0. The number of hydrogen-bond donors (Lipinski definition) is 4. The summed E-state index contributed by atoms with van der Waals surface area (Å²) in [5.41, 5.74) is 7.07. The predicted molar refractivity (Wildman–Crippen MR) is 114 cm³/mol. The molecule has 29 heavy (non-hydrogen) atoms. The highest BCUT2D eigenvalue weighted by molar-refractivity contribution is 7.92. The highest BCUT2D eigenvalue weighted by Gasteiger charge is 2.41. The fourth-order valence-electron chi connectivity index (χ4n) is 3.05. The molecule has 0 amide bonds. The molecule has 8 nitrogen and oxygen atoms in total. The van der Waals surface area contributed by atoms with E-state index in [9.17, 15) is 27.8 Å². The van der Waals surface area contributed by atoms with Crippen LogP contribution in [0.3, 0.4) is 0 Å². The number of carboxylic acids is 1. The third-order valence-electron chi connectivity index (χ3n) is 4.64. The van der Waals surface area contributed by atoms with Gasteiger partial charge in [0.1, 0.15) is 9.99 Å². The summed E-state index contributed by atoms with van der Waals surface area (Å²) in [6, 6.07) is 7.69. The number of aliphatic carboxylic acids is 1. The van der Waals surface area contributed by atoms with Gasteiger partial charge in [0.25, 0.3) is 10.0 Å². The molecular weight excluding hydrogens is 435 g/mol. The summed E-state index contributed by atoms with van der Waals surface area (Å²) < 4.78 is 40.7. The Morgan fingerprint density at radius 2 is 1.93 bits per heavy atom. The van der Waals surface area contributed by atoms with Crippen LogP contribution < -0.4 is 10.5 Å². The van der Waals surface area contributed by atoms with Gasteiger partial charge in [-0.1, -0.05) is 32.0 Å². The molecule has 2 rings (SSSR count). The van der Waals surface area contributed by atoms with Crippen LogP contribution in [0, 0.1) is 12.8 Å². The van der Waals surface area contributed by atoms with E-state index >= 15 is 0 Å². The van der Waals surface area contributed by atoms with E-state index in [0.29, 0.717) is 16.8 Å². The number of nitrogens with two attached hydrogens (primary N) is 1. The molecule has 0 fully saturated rings. The van der Waals surface area contributed by atoms with E-state index in [2.05, 4.69) is 4.72 Å². The van der Waals surface area contributed by atoms with Crippen LogP contribution in [0.25, 0.3) is 0 Å². The van der Waals surface area contributed by atoms with Gasteiger partial charge in [0, 0.05) is 11.8 Å². The van der Waals surface area contributed by atoms with Crippen molar-refractivity contribution < 1.29 is 27.8 Å². The third kappa shape index (κ3) is 5.46. The van der Waals surface area contributed by atoms with Crippen molar-refractivity contribution in [3.8, 4) is 0 Å². The number of rotatable bonds is 9. The normalized spacial score (nSPS) is 16.3. The molecule has 5 N–H and O–H groups in total. The largest absolute Gasteiger partial charge is 0.481 e. The second-order valence-corrected chi connectivity index (χ2v) is 12.5. The number of sulfonamides is 1. The molecule has 0 saturated carbocycles. The quantitative estimate of drug-likeness (QED) is 0.332. The molecule has 1 heterocycles. The van der Waals surface area contributed by atoms with Crippen molar-refractivity contribution >= 4 is 40.4 Å². The first kappa shape index (κ1) is 23.6. The van der Waals surface area contributed by atoms with E-state index in [4.69, 9.17) is 5.73 Å². The van der Waals surface area contributed by atoms with Crippen molar-refractivity contribution in [3.63, 3.8) is 0 Å². The summed E-state index contributed by atoms with van der Waals surface area (Å²) in [4.78, 5) is 22.7. The van der Waals surface area contributed by atoms with Crippen LogP contribution in [0.1, 0.15) is 30.9 Å². The number of carbonyl (C=O) groups is 1. The van der Waals surface area contributed by atoms with Crippen LogP contribution in [0.2, 0.25) is 0 Å². The molecule has 3 atom stereocenters. The maximum absolute atomic E-state index is 13.2. The lowest BCUT2D eigenvalue weighted by molar-refractivity contribution is -0.138. The van der Waals surface area contributed by atoms with Gasteiger partial charge in [0.15, 0.2) is 0 Å². The average Bonchev–Trinajstić information content (AvgIpc) is 3.15. The van der Waals surface area contributed by atoms with Gasteiger partial charge in [0.05, 0.1) is 5.92 Å². The Bertz CT molecular complexity index is 1020. The average molecular weight is 461 g/mol. The van der Waals surface area contributed by atoms with Crippen molar-refractivity contribution in [2.45, 2.75) is 36.7 Å². The Labute approximate surface area is 174 Å². The summed E-state index contributed by atoms with van der Waals surface area (Å²) in [6.07, 6.45) is -0.623. The van der Waals surface area contributed by atoms with Gasteiger partial charge in [-0.2, -0.15) is 4.72 Å². The molecule has 0 bridgehead atoms. The molecule has 3 unspecified atom stereocenters. The van der Waals surface area contributed by atoms with Gasteiger partial charge in [-0.3, -0.25) is 9.36 Å². The maximum Gasteiger partial charge on any atom is 0.311 e. The van der Waals surface area contributed by atoms with Crippen LogP contribution in [0.15, 0.2) is 39.9 Å². The van der Waals surface area contributed by atoms with E-state index in [-0.39, 0.29) is 4.21 Å². The lowest BCUT2D eigenvalue weighted by Crippen LogP contribution is -2.39. The van der Waals surface area contributed by atoms with E-state index in [1.165, 1.54) is 6.07 Å². The van der Waals surface area contributed by atoms with Crippen molar-refractivity contribution in [3.05, 3.63) is 46.8 Å². The first-order chi connectivity index (χ1) is 13.4. The first-order valence-electron chi connectivity index (χ1n) is 8.82. The summed E-state index contributed by atoms with van der Waals surface area (Å²) in [7, 11) is -8.29.